The number of nitrogens with zero attached hydrogens (tertiary/aromatic N) is 5. The van der Waals surface area contributed by atoms with Crippen LogP contribution >= 0.6 is 0 Å². The largest absolute Gasteiger partial charge is 0.469 e. The van der Waals surface area contributed by atoms with Crippen LogP contribution in [0.3, 0.4) is 0 Å². The highest BCUT2D eigenvalue weighted by molar-refractivity contribution is 5.99. The minimum Gasteiger partial charge on any atom is -0.469 e. The molecule has 5 heterocycles. The molecule has 1 unspecified atom stereocenters. The van der Waals surface area contributed by atoms with Gasteiger partial charge in [0.05, 0.1) is 24.0 Å². The molecule has 0 amide bonds. The predicted octanol–water partition coefficient (Wildman–Crippen LogP) is 5.77. The highest BCUT2D eigenvalue weighted by atomic mass is 19.1. The monoisotopic (exact) mass is 599 g/mol. The first-order valence-corrected chi connectivity index (χ1v) is 15.7. The molecular formula is C34H35F2N5O3. The van der Waals surface area contributed by atoms with Crippen LogP contribution in [-0.2, 0) is 9.53 Å². The lowest BCUT2D eigenvalue weighted by Crippen LogP contribution is -2.45. The second-order valence-corrected chi connectivity index (χ2v) is 12.9. The Bertz CT molecular complexity index is 1750. The van der Waals surface area contributed by atoms with Crippen LogP contribution in [0.4, 0.5) is 14.6 Å². The van der Waals surface area contributed by atoms with Gasteiger partial charge in [-0.05, 0) is 74.9 Å². The lowest BCUT2D eigenvalue weighted by atomic mass is 9.85. The molecule has 228 valence electrons. The molecule has 2 bridgehead atoms. The highest BCUT2D eigenvalue weighted by Crippen LogP contribution is 2.45. The molecule has 0 radical (unpaired) electrons. The first-order chi connectivity index (χ1) is 21.5. The molecule has 4 fully saturated rings. The second-order valence-electron chi connectivity index (χ2n) is 12.9. The summed E-state index contributed by atoms with van der Waals surface area (Å²) < 4.78 is 43.2. The molecular weight excluding hydrogens is 564 g/mol. The summed E-state index contributed by atoms with van der Waals surface area (Å²) in [7, 11) is 1.44. The molecule has 3 aliphatic heterocycles. The SMILES string of the molecule is COC(=O)C1[C@@H]2CC[C@H]1CN(c1nc(OCC34CCCN3CCC4)nc3c(F)c(-c4cccc5cccc(F)c45)ncc13)C2. The maximum atomic E-state index is 16.7. The van der Waals surface area contributed by atoms with Gasteiger partial charge >= 0.3 is 12.0 Å². The lowest BCUT2D eigenvalue weighted by Gasteiger charge is -2.37. The number of carbonyl (C=O) groups is 1. The van der Waals surface area contributed by atoms with Gasteiger partial charge in [-0.2, -0.15) is 9.97 Å². The number of halogens is 2. The van der Waals surface area contributed by atoms with Gasteiger partial charge < -0.3 is 14.4 Å². The second kappa shape index (κ2) is 10.6. The van der Waals surface area contributed by atoms with E-state index >= 15 is 8.78 Å². The molecule has 0 spiro atoms. The number of carbonyl (C=O) groups excluding carboxylic acids is 1. The van der Waals surface area contributed by atoms with Crippen molar-refractivity contribution in [1.29, 1.82) is 0 Å². The van der Waals surface area contributed by atoms with Crippen LogP contribution in [0.2, 0.25) is 0 Å². The molecule has 3 atom stereocenters. The summed E-state index contributed by atoms with van der Waals surface area (Å²) in [6.07, 6.45) is 7.84. The van der Waals surface area contributed by atoms with Crippen molar-refractivity contribution in [2.75, 3.05) is 44.8 Å². The van der Waals surface area contributed by atoms with E-state index in [-0.39, 0.29) is 46.5 Å². The van der Waals surface area contributed by atoms with Crippen molar-refractivity contribution in [2.45, 2.75) is 44.1 Å². The summed E-state index contributed by atoms with van der Waals surface area (Å²) >= 11 is 0. The zero-order chi connectivity index (χ0) is 30.0. The third kappa shape index (κ3) is 4.32. The molecule has 4 aromatic rings. The van der Waals surface area contributed by atoms with E-state index < -0.39 is 11.6 Å². The third-order valence-electron chi connectivity index (χ3n) is 10.6. The van der Waals surface area contributed by atoms with Crippen LogP contribution in [0.25, 0.3) is 32.9 Å². The van der Waals surface area contributed by atoms with Crippen LogP contribution < -0.4 is 9.64 Å². The number of rotatable bonds is 6. The molecule has 1 aliphatic carbocycles. The fraction of sp³-hybridized carbons (Fsp3) is 0.471. The summed E-state index contributed by atoms with van der Waals surface area (Å²) in [5, 5.41) is 1.45. The predicted molar refractivity (Wildman–Crippen MR) is 162 cm³/mol. The minimum absolute atomic E-state index is 0.0289. The highest BCUT2D eigenvalue weighted by Gasteiger charge is 2.48. The Morgan fingerprint density at radius 3 is 2.48 bits per heavy atom. The number of hydrogen-bond acceptors (Lipinski definition) is 8. The molecule has 10 heteroatoms. The van der Waals surface area contributed by atoms with Gasteiger partial charge in [0.25, 0.3) is 0 Å². The zero-order valence-electron chi connectivity index (χ0n) is 24.8. The Labute approximate surface area is 254 Å². The molecule has 3 saturated heterocycles. The van der Waals surface area contributed by atoms with Crippen LogP contribution in [0.1, 0.15) is 38.5 Å². The van der Waals surface area contributed by atoms with Gasteiger partial charge in [-0.15, -0.1) is 0 Å². The van der Waals surface area contributed by atoms with Crippen LogP contribution in [0.5, 0.6) is 6.01 Å². The normalized spacial score (nSPS) is 24.2. The number of benzene rings is 2. The van der Waals surface area contributed by atoms with Crippen molar-refractivity contribution in [3.05, 3.63) is 54.2 Å². The van der Waals surface area contributed by atoms with Gasteiger partial charge in [0.15, 0.2) is 5.82 Å². The van der Waals surface area contributed by atoms with Crippen molar-refractivity contribution >= 4 is 33.5 Å². The molecule has 44 heavy (non-hydrogen) atoms. The number of aromatic nitrogens is 3. The van der Waals surface area contributed by atoms with Crippen LogP contribution in [0.15, 0.2) is 42.6 Å². The average Bonchev–Trinajstić information content (AvgIpc) is 3.70. The van der Waals surface area contributed by atoms with Crippen LogP contribution in [-0.4, -0.2) is 71.3 Å². The van der Waals surface area contributed by atoms with Crippen molar-refractivity contribution < 1.29 is 23.0 Å². The van der Waals surface area contributed by atoms with Crippen LogP contribution in [0, 0.1) is 29.4 Å². The number of pyridine rings is 1. The first-order valence-electron chi connectivity index (χ1n) is 15.7. The Morgan fingerprint density at radius 1 is 1.02 bits per heavy atom. The number of piperidine rings is 1. The van der Waals surface area contributed by atoms with E-state index in [0.717, 1.165) is 51.6 Å². The van der Waals surface area contributed by atoms with Crippen molar-refractivity contribution in [3.8, 4) is 17.3 Å². The van der Waals surface area contributed by atoms with E-state index in [2.05, 4.69) is 19.8 Å². The third-order valence-corrected chi connectivity index (χ3v) is 10.6. The van der Waals surface area contributed by atoms with E-state index in [0.29, 0.717) is 47.2 Å². The average molecular weight is 600 g/mol. The number of esters is 1. The molecule has 8 nitrogen and oxygen atoms in total. The molecule has 1 saturated carbocycles. The minimum atomic E-state index is -0.638. The lowest BCUT2D eigenvalue weighted by molar-refractivity contribution is -0.148. The van der Waals surface area contributed by atoms with Gasteiger partial charge in [-0.1, -0.05) is 30.3 Å². The van der Waals surface area contributed by atoms with E-state index in [4.69, 9.17) is 14.5 Å². The van der Waals surface area contributed by atoms with E-state index in [1.807, 2.05) is 0 Å². The fourth-order valence-electron chi connectivity index (χ4n) is 8.58. The molecule has 2 aromatic heterocycles. The standard InChI is InChI=1S/C34H35F2N5O3/c1-43-32(42)26-21-10-11-22(26)18-40(17-21)31-24-16-37-29(23-8-2-6-20-7-3-9-25(35)27(20)23)28(36)30(24)38-33(39-31)44-19-34-12-4-14-41(34)15-5-13-34/h2-3,6-9,16,21-22,26H,4-5,10-15,17-19H2,1H3/t21-,22+,26?. The quantitative estimate of drug-likeness (QED) is 0.259. The Hall–Kier alpha value is -3.92. The molecule has 2 aromatic carbocycles. The smallest absolute Gasteiger partial charge is 0.319 e. The van der Waals surface area contributed by atoms with Crippen molar-refractivity contribution in [3.63, 3.8) is 0 Å². The Kier molecular flexibility index (Phi) is 6.66. The Morgan fingerprint density at radius 2 is 1.75 bits per heavy atom. The molecule has 0 N–H and O–H groups in total. The van der Waals surface area contributed by atoms with Crippen molar-refractivity contribution in [1.82, 2.24) is 19.9 Å². The van der Waals surface area contributed by atoms with Gasteiger partial charge in [0.1, 0.15) is 29.5 Å². The number of hydrogen-bond donors (Lipinski definition) is 0. The van der Waals surface area contributed by atoms with Gasteiger partial charge in [0, 0.05) is 30.2 Å². The Balaban J connectivity index is 1.23. The maximum absolute atomic E-state index is 16.7. The number of anilines is 1. The van der Waals surface area contributed by atoms with E-state index in [1.54, 1.807) is 36.5 Å². The first kappa shape index (κ1) is 27.6. The number of fused-ring (bicyclic) bond motifs is 5. The summed E-state index contributed by atoms with van der Waals surface area (Å²) in [5.74, 6) is -0.581. The van der Waals surface area contributed by atoms with Gasteiger partial charge in [0.2, 0.25) is 0 Å². The summed E-state index contributed by atoms with van der Waals surface area (Å²) in [6, 6.07) is 10.2. The molecule has 4 aliphatic rings. The summed E-state index contributed by atoms with van der Waals surface area (Å²) in [6.45, 7) is 3.77. The van der Waals surface area contributed by atoms with Gasteiger partial charge in [-0.25, -0.2) is 8.78 Å². The summed E-state index contributed by atoms with van der Waals surface area (Å²) in [4.78, 5) is 31.3. The van der Waals surface area contributed by atoms with E-state index in [1.165, 1.54) is 13.2 Å². The van der Waals surface area contributed by atoms with Gasteiger partial charge in [-0.3, -0.25) is 14.7 Å². The number of methoxy groups -OCH3 is 1. The number of ether oxygens (including phenoxy) is 2. The maximum Gasteiger partial charge on any atom is 0.319 e. The summed E-state index contributed by atoms with van der Waals surface area (Å²) in [5.41, 5.74) is 0.465. The fourth-order valence-corrected chi connectivity index (χ4v) is 8.58. The van der Waals surface area contributed by atoms with E-state index in [9.17, 15) is 4.79 Å². The molecule has 8 rings (SSSR count). The van der Waals surface area contributed by atoms with Crippen molar-refractivity contribution in [2.24, 2.45) is 17.8 Å². The topological polar surface area (TPSA) is 80.7 Å². The zero-order valence-corrected chi connectivity index (χ0v) is 24.8.